The molecule has 1 aliphatic carbocycles. The first-order chi connectivity index (χ1) is 12.0. The first-order valence-corrected chi connectivity index (χ1v) is 10.1. The third-order valence-corrected chi connectivity index (χ3v) is 6.73. The Morgan fingerprint density at radius 1 is 1.32 bits per heavy atom. The fraction of sp³-hybridized carbons (Fsp3) is 0.632. The Kier molecular flexibility index (Phi) is 5.27. The average molecular weight is 362 g/mol. The Hall–Kier alpha value is -1.69. The molecule has 1 amide bonds. The zero-order valence-electron chi connectivity index (χ0n) is 15.5. The van der Waals surface area contributed by atoms with Crippen LogP contribution in [0.1, 0.15) is 67.7 Å². The molecule has 0 bridgehead atoms. The molecular weight excluding hydrogens is 334 g/mol. The van der Waals surface area contributed by atoms with Crippen molar-refractivity contribution in [1.29, 1.82) is 0 Å². The van der Waals surface area contributed by atoms with Crippen molar-refractivity contribution in [2.75, 3.05) is 13.1 Å². The minimum atomic E-state index is 0.00230. The molecule has 0 spiro atoms. The van der Waals surface area contributed by atoms with Gasteiger partial charge in [-0.15, -0.1) is 11.3 Å². The van der Waals surface area contributed by atoms with Crippen LogP contribution in [0.15, 0.2) is 11.1 Å². The molecule has 1 saturated carbocycles. The molecule has 0 aromatic carbocycles. The third kappa shape index (κ3) is 3.12. The van der Waals surface area contributed by atoms with Gasteiger partial charge in [0.05, 0.1) is 16.6 Å². The second kappa shape index (κ2) is 7.28. The van der Waals surface area contributed by atoms with Crippen LogP contribution >= 0.6 is 11.3 Å². The zero-order valence-corrected chi connectivity index (χ0v) is 16.4. The van der Waals surface area contributed by atoms with Gasteiger partial charge in [-0.2, -0.15) is 0 Å². The summed E-state index contributed by atoms with van der Waals surface area (Å²) in [6.45, 7) is 9.38. The number of amides is 1. The lowest BCUT2D eigenvalue weighted by Crippen LogP contribution is -2.31. The Bertz CT molecular complexity index is 835. The number of carbonyl (C=O) groups is 1. The monoisotopic (exact) mass is 361 g/mol. The second-order valence-electron chi connectivity index (χ2n) is 7.00. The number of fused-ring (bicyclic) bond motifs is 1. The van der Waals surface area contributed by atoms with Gasteiger partial charge in [-0.3, -0.25) is 14.2 Å². The lowest BCUT2D eigenvalue weighted by Gasteiger charge is -2.30. The quantitative estimate of drug-likeness (QED) is 0.827. The summed E-state index contributed by atoms with van der Waals surface area (Å²) in [5.74, 6) is 0.490. The normalized spacial score (nSPS) is 20.8. The zero-order chi connectivity index (χ0) is 18.1. The van der Waals surface area contributed by atoms with Crippen LogP contribution in [0.2, 0.25) is 0 Å². The summed E-state index contributed by atoms with van der Waals surface area (Å²) < 4.78 is 1.82. The molecule has 136 valence electrons. The van der Waals surface area contributed by atoms with Crippen molar-refractivity contribution >= 4 is 27.5 Å². The van der Waals surface area contributed by atoms with Crippen LogP contribution < -0.4 is 5.56 Å². The van der Waals surface area contributed by atoms with Crippen LogP contribution in [0, 0.1) is 12.8 Å². The third-order valence-electron chi connectivity index (χ3n) is 5.54. The van der Waals surface area contributed by atoms with Gasteiger partial charge in [-0.05, 0) is 45.1 Å². The van der Waals surface area contributed by atoms with Crippen LogP contribution in [0.25, 0.3) is 10.2 Å². The number of rotatable bonds is 4. The Morgan fingerprint density at radius 3 is 2.64 bits per heavy atom. The molecular formula is C19H27N3O2S. The van der Waals surface area contributed by atoms with Crippen molar-refractivity contribution in [3.63, 3.8) is 0 Å². The van der Waals surface area contributed by atoms with Gasteiger partial charge in [0.15, 0.2) is 0 Å². The van der Waals surface area contributed by atoms with Crippen LogP contribution in [0.4, 0.5) is 0 Å². The topological polar surface area (TPSA) is 55.2 Å². The maximum atomic E-state index is 13.1. The Labute approximate surface area is 152 Å². The van der Waals surface area contributed by atoms with E-state index in [1.165, 1.54) is 17.8 Å². The highest BCUT2D eigenvalue weighted by molar-refractivity contribution is 7.20. The molecule has 2 aromatic heterocycles. The average Bonchev–Trinajstić information content (AvgIpc) is 2.95. The molecule has 0 N–H and O–H groups in total. The van der Waals surface area contributed by atoms with Crippen LogP contribution in [0.3, 0.4) is 0 Å². The first-order valence-electron chi connectivity index (χ1n) is 9.29. The van der Waals surface area contributed by atoms with Crippen molar-refractivity contribution in [2.24, 2.45) is 5.92 Å². The highest BCUT2D eigenvalue weighted by Gasteiger charge is 2.27. The van der Waals surface area contributed by atoms with Gasteiger partial charge >= 0.3 is 0 Å². The van der Waals surface area contributed by atoms with E-state index in [0.717, 1.165) is 24.8 Å². The maximum Gasteiger partial charge on any atom is 0.264 e. The summed E-state index contributed by atoms with van der Waals surface area (Å²) in [7, 11) is 0. The standard InChI is InChI=1S/C19H27N3O2S/c1-5-21(6-2)19(24)16-13(4)15-17(25-16)20-11-22(18(15)23)14-10-8-7-9-12(14)3/h11-12,14H,5-10H2,1-4H3/t12-,14-/m1/s1. The molecule has 3 rings (SSSR count). The van der Waals surface area contributed by atoms with Gasteiger partial charge in [0, 0.05) is 19.1 Å². The number of carbonyl (C=O) groups excluding carboxylic acids is 1. The first kappa shape index (κ1) is 18.1. The number of hydrogen-bond donors (Lipinski definition) is 0. The van der Waals surface area contributed by atoms with Crippen molar-refractivity contribution in [3.05, 3.63) is 27.1 Å². The fourth-order valence-corrected chi connectivity index (χ4v) is 5.05. The second-order valence-corrected chi connectivity index (χ2v) is 8.00. The van der Waals surface area contributed by atoms with Crippen LogP contribution in [-0.2, 0) is 0 Å². The molecule has 25 heavy (non-hydrogen) atoms. The van der Waals surface area contributed by atoms with Crippen molar-refractivity contribution in [2.45, 2.75) is 59.4 Å². The van der Waals surface area contributed by atoms with Gasteiger partial charge < -0.3 is 4.90 Å². The molecule has 0 unspecified atom stereocenters. The van der Waals surface area contributed by atoms with Gasteiger partial charge in [0.1, 0.15) is 4.83 Å². The number of hydrogen-bond acceptors (Lipinski definition) is 4. The minimum absolute atomic E-state index is 0.00230. The van der Waals surface area contributed by atoms with Crippen molar-refractivity contribution in [3.8, 4) is 0 Å². The number of thiophene rings is 1. The number of nitrogens with zero attached hydrogens (tertiary/aromatic N) is 3. The van der Waals surface area contributed by atoms with Gasteiger partial charge in [-0.1, -0.05) is 19.8 Å². The molecule has 6 heteroatoms. The summed E-state index contributed by atoms with van der Waals surface area (Å²) in [5, 5.41) is 0.626. The molecule has 1 fully saturated rings. The summed E-state index contributed by atoms with van der Waals surface area (Å²) in [6.07, 6.45) is 6.28. The van der Waals surface area contributed by atoms with Crippen LogP contribution in [0.5, 0.6) is 0 Å². The fourth-order valence-electron chi connectivity index (χ4n) is 3.94. The van der Waals surface area contributed by atoms with Gasteiger partial charge in [-0.25, -0.2) is 4.98 Å². The van der Waals surface area contributed by atoms with E-state index in [1.807, 2.05) is 25.3 Å². The molecule has 0 aliphatic heterocycles. The van der Waals surface area contributed by atoms with E-state index >= 15 is 0 Å². The molecule has 2 aromatic rings. The summed E-state index contributed by atoms with van der Waals surface area (Å²) >= 11 is 1.35. The van der Waals surface area contributed by atoms with E-state index < -0.39 is 0 Å². The van der Waals surface area contributed by atoms with Crippen molar-refractivity contribution in [1.82, 2.24) is 14.5 Å². The van der Waals surface area contributed by atoms with E-state index in [4.69, 9.17) is 0 Å². The van der Waals surface area contributed by atoms with Gasteiger partial charge in [0.25, 0.3) is 11.5 Å². The van der Waals surface area contributed by atoms with E-state index in [-0.39, 0.29) is 17.5 Å². The number of aryl methyl sites for hydroxylation is 1. The predicted molar refractivity (Wildman–Crippen MR) is 103 cm³/mol. The minimum Gasteiger partial charge on any atom is -0.338 e. The summed E-state index contributed by atoms with van der Waals surface area (Å²) in [6, 6.07) is 0.222. The van der Waals surface area contributed by atoms with Crippen LogP contribution in [-0.4, -0.2) is 33.4 Å². The van der Waals surface area contributed by atoms with Crippen molar-refractivity contribution < 1.29 is 4.79 Å². The highest BCUT2D eigenvalue weighted by atomic mass is 32.1. The smallest absolute Gasteiger partial charge is 0.264 e. The van der Waals surface area contributed by atoms with E-state index in [9.17, 15) is 9.59 Å². The van der Waals surface area contributed by atoms with E-state index in [1.54, 1.807) is 11.2 Å². The van der Waals surface area contributed by atoms with E-state index in [0.29, 0.717) is 34.1 Å². The lowest BCUT2D eigenvalue weighted by molar-refractivity contribution is 0.0777. The summed E-state index contributed by atoms with van der Waals surface area (Å²) in [5.41, 5.74) is 0.795. The van der Waals surface area contributed by atoms with E-state index in [2.05, 4.69) is 11.9 Å². The Balaban J connectivity index is 2.09. The summed E-state index contributed by atoms with van der Waals surface area (Å²) in [4.78, 5) is 33.5. The molecule has 2 atom stereocenters. The largest absolute Gasteiger partial charge is 0.338 e. The molecule has 0 saturated heterocycles. The molecule has 1 aliphatic rings. The highest BCUT2D eigenvalue weighted by Crippen LogP contribution is 2.34. The van der Waals surface area contributed by atoms with Gasteiger partial charge in [0.2, 0.25) is 0 Å². The molecule has 5 nitrogen and oxygen atoms in total. The molecule has 2 heterocycles. The molecule has 0 radical (unpaired) electrons. The lowest BCUT2D eigenvalue weighted by atomic mass is 9.86. The number of aromatic nitrogens is 2. The Morgan fingerprint density at radius 2 is 2.00 bits per heavy atom. The maximum absolute atomic E-state index is 13.1. The predicted octanol–water partition coefficient (Wildman–Crippen LogP) is 4.00. The SMILES string of the molecule is CCN(CC)C(=O)c1sc2ncn([C@@H]3CCCC[C@H]3C)c(=O)c2c1C.